The van der Waals surface area contributed by atoms with Crippen molar-refractivity contribution in [3.05, 3.63) is 47.2 Å². The summed E-state index contributed by atoms with van der Waals surface area (Å²) < 4.78 is 38.1. The van der Waals surface area contributed by atoms with Crippen molar-refractivity contribution in [3.8, 4) is 11.5 Å². The van der Waals surface area contributed by atoms with Gasteiger partial charge in [0.05, 0.1) is 20.3 Å². The number of aromatic nitrogens is 1. The van der Waals surface area contributed by atoms with E-state index < -0.39 is 10.0 Å². The van der Waals surface area contributed by atoms with Crippen LogP contribution in [0.25, 0.3) is 0 Å². The highest BCUT2D eigenvalue weighted by Gasteiger charge is 2.36. The minimum absolute atomic E-state index is 0.143. The molecule has 1 saturated heterocycles. The molecule has 1 aliphatic heterocycles. The molecule has 0 bridgehead atoms. The smallest absolute Gasteiger partial charge is 0.245 e. The second-order valence-corrected chi connectivity index (χ2v) is 7.98. The van der Waals surface area contributed by atoms with E-state index in [0.717, 1.165) is 18.4 Å². The zero-order chi connectivity index (χ0) is 18.0. The molecule has 1 atom stereocenters. The topological polar surface area (TPSA) is 68.7 Å². The van der Waals surface area contributed by atoms with E-state index in [0.29, 0.717) is 18.0 Å². The highest BCUT2D eigenvalue weighted by atomic mass is 35.5. The van der Waals surface area contributed by atoms with Crippen LogP contribution < -0.4 is 9.47 Å². The zero-order valence-corrected chi connectivity index (χ0v) is 15.5. The van der Waals surface area contributed by atoms with Crippen LogP contribution >= 0.6 is 11.6 Å². The van der Waals surface area contributed by atoms with Crippen molar-refractivity contribution in [3.63, 3.8) is 0 Å². The van der Waals surface area contributed by atoms with Crippen molar-refractivity contribution >= 4 is 21.6 Å². The van der Waals surface area contributed by atoms with Gasteiger partial charge in [-0.25, -0.2) is 13.4 Å². The second-order valence-electron chi connectivity index (χ2n) is 5.70. The van der Waals surface area contributed by atoms with Crippen molar-refractivity contribution in [2.75, 3.05) is 20.8 Å². The Balaban J connectivity index is 1.96. The number of rotatable bonds is 5. The van der Waals surface area contributed by atoms with Gasteiger partial charge in [-0.1, -0.05) is 17.7 Å². The molecular weight excluding hydrogens is 364 g/mol. The quantitative estimate of drug-likeness (QED) is 0.742. The van der Waals surface area contributed by atoms with E-state index >= 15 is 0 Å². The van der Waals surface area contributed by atoms with Crippen LogP contribution in [0.2, 0.25) is 5.15 Å². The number of sulfonamides is 1. The van der Waals surface area contributed by atoms with Gasteiger partial charge in [0.2, 0.25) is 10.0 Å². The van der Waals surface area contributed by atoms with E-state index in [9.17, 15) is 8.42 Å². The highest BCUT2D eigenvalue weighted by molar-refractivity contribution is 7.89. The molecule has 8 heteroatoms. The van der Waals surface area contributed by atoms with Gasteiger partial charge in [-0.15, -0.1) is 0 Å². The number of halogens is 1. The molecule has 1 aromatic carbocycles. The molecule has 0 aliphatic carbocycles. The van der Waals surface area contributed by atoms with Crippen LogP contribution in [0.5, 0.6) is 11.5 Å². The standard InChI is InChI=1S/C17H19ClN2O4S/c1-23-15-7-5-12(10-16(15)24-2)14-4-3-9-20(14)25(21,22)13-6-8-17(18)19-11-13/h5-8,10-11,14H,3-4,9H2,1-2H3. The van der Waals surface area contributed by atoms with E-state index in [1.165, 1.54) is 22.6 Å². The molecule has 2 heterocycles. The lowest BCUT2D eigenvalue weighted by atomic mass is 10.0. The number of hydrogen-bond donors (Lipinski definition) is 0. The molecule has 6 nitrogen and oxygen atoms in total. The van der Waals surface area contributed by atoms with Crippen molar-refractivity contribution in [2.45, 2.75) is 23.8 Å². The van der Waals surface area contributed by atoms with Gasteiger partial charge in [0.1, 0.15) is 10.0 Å². The lowest BCUT2D eigenvalue weighted by Crippen LogP contribution is -2.30. The fourth-order valence-electron chi connectivity index (χ4n) is 3.07. The molecule has 134 valence electrons. The Bertz CT molecular complexity index is 855. The predicted octanol–water partition coefficient (Wildman–Crippen LogP) is 3.28. The van der Waals surface area contributed by atoms with Gasteiger partial charge in [-0.3, -0.25) is 0 Å². The summed E-state index contributed by atoms with van der Waals surface area (Å²) in [6.45, 7) is 0.462. The summed E-state index contributed by atoms with van der Waals surface area (Å²) in [5.74, 6) is 1.19. The molecule has 1 aromatic heterocycles. The first-order chi connectivity index (χ1) is 12.0. The van der Waals surface area contributed by atoms with Crippen LogP contribution in [0.4, 0.5) is 0 Å². The van der Waals surface area contributed by atoms with Crippen LogP contribution in [0, 0.1) is 0 Å². The highest BCUT2D eigenvalue weighted by Crippen LogP contribution is 2.39. The molecule has 0 N–H and O–H groups in total. The predicted molar refractivity (Wildman–Crippen MR) is 94.7 cm³/mol. The largest absolute Gasteiger partial charge is 0.493 e. The van der Waals surface area contributed by atoms with Gasteiger partial charge in [-0.05, 0) is 42.7 Å². The Labute approximate surface area is 152 Å². The van der Waals surface area contributed by atoms with E-state index in [1.54, 1.807) is 20.3 Å². The normalized spacial score (nSPS) is 18.3. The molecule has 25 heavy (non-hydrogen) atoms. The SMILES string of the molecule is COc1ccc(C2CCCN2S(=O)(=O)c2ccc(Cl)nc2)cc1OC. The maximum atomic E-state index is 13.0. The minimum atomic E-state index is -3.65. The summed E-state index contributed by atoms with van der Waals surface area (Å²) >= 11 is 5.76. The molecule has 2 aromatic rings. The maximum absolute atomic E-state index is 13.0. The molecule has 1 unspecified atom stereocenters. The molecule has 0 radical (unpaired) electrons. The van der Waals surface area contributed by atoms with Gasteiger partial charge >= 0.3 is 0 Å². The number of methoxy groups -OCH3 is 2. The van der Waals surface area contributed by atoms with Gasteiger partial charge < -0.3 is 9.47 Å². The molecule has 1 fully saturated rings. The maximum Gasteiger partial charge on any atom is 0.245 e. The Kier molecular flexibility index (Phi) is 5.17. The third kappa shape index (κ3) is 3.44. The van der Waals surface area contributed by atoms with E-state index in [2.05, 4.69) is 4.98 Å². The molecular formula is C17H19ClN2O4S. The first kappa shape index (κ1) is 18.0. The summed E-state index contributed by atoms with van der Waals surface area (Å²) in [6.07, 6.45) is 2.83. The Hall–Kier alpha value is -1.83. The van der Waals surface area contributed by atoms with Gasteiger partial charge in [-0.2, -0.15) is 4.31 Å². The zero-order valence-electron chi connectivity index (χ0n) is 14.0. The number of pyridine rings is 1. The van der Waals surface area contributed by atoms with Crippen LogP contribution in [0.1, 0.15) is 24.4 Å². The Morgan fingerprint density at radius 3 is 2.56 bits per heavy atom. The summed E-state index contributed by atoms with van der Waals surface area (Å²) in [5.41, 5.74) is 0.876. The van der Waals surface area contributed by atoms with Crippen LogP contribution in [0.3, 0.4) is 0 Å². The second kappa shape index (κ2) is 7.19. The fourth-order valence-corrected chi connectivity index (χ4v) is 4.81. The van der Waals surface area contributed by atoms with Gasteiger partial charge in [0.15, 0.2) is 11.5 Å². The Morgan fingerprint density at radius 2 is 1.92 bits per heavy atom. The van der Waals surface area contributed by atoms with Crippen molar-refractivity contribution in [1.82, 2.24) is 9.29 Å². The number of ether oxygens (including phenoxy) is 2. The molecule has 0 saturated carbocycles. The summed E-state index contributed by atoms with van der Waals surface area (Å²) in [7, 11) is -0.521. The first-order valence-corrected chi connectivity index (χ1v) is 9.64. The van der Waals surface area contributed by atoms with Crippen molar-refractivity contribution in [1.29, 1.82) is 0 Å². The minimum Gasteiger partial charge on any atom is -0.493 e. The van der Waals surface area contributed by atoms with Crippen molar-refractivity contribution < 1.29 is 17.9 Å². The summed E-state index contributed by atoms with van der Waals surface area (Å²) in [4.78, 5) is 4.03. The summed E-state index contributed by atoms with van der Waals surface area (Å²) in [6, 6.07) is 8.21. The fraction of sp³-hybridized carbons (Fsp3) is 0.353. The van der Waals surface area contributed by atoms with Crippen LogP contribution in [0.15, 0.2) is 41.4 Å². The average Bonchev–Trinajstić information content (AvgIpc) is 3.12. The van der Waals surface area contributed by atoms with E-state index in [1.807, 2.05) is 12.1 Å². The lowest BCUT2D eigenvalue weighted by Gasteiger charge is -2.25. The molecule has 3 rings (SSSR count). The van der Waals surface area contributed by atoms with Gasteiger partial charge in [0.25, 0.3) is 0 Å². The third-order valence-electron chi connectivity index (χ3n) is 4.30. The number of benzene rings is 1. The van der Waals surface area contributed by atoms with Gasteiger partial charge in [0, 0.05) is 12.7 Å². The monoisotopic (exact) mass is 382 g/mol. The number of hydrogen-bond acceptors (Lipinski definition) is 5. The molecule has 0 spiro atoms. The van der Waals surface area contributed by atoms with E-state index in [-0.39, 0.29) is 16.1 Å². The molecule has 1 aliphatic rings. The van der Waals surface area contributed by atoms with Crippen LogP contribution in [-0.2, 0) is 10.0 Å². The number of nitrogens with zero attached hydrogens (tertiary/aromatic N) is 2. The van der Waals surface area contributed by atoms with Crippen LogP contribution in [-0.4, -0.2) is 38.5 Å². The average molecular weight is 383 g/mol. The first-order valence-electron chi connectivity index (χ1n) is 7.82. The van der Waals surface area contributed by atoms with Crippen molar-refractivity contribution in [2.24, 2.45) is 0 Å². The lowest BCUT2D eigenvalue weighted by molar-refractivity contribution is 0.351. The third-order valence-corrected chi connectivity index (χ3v) is 6.42. The van der Waals surface area contributed by atoms with E-state index in [4.69, 9.17) is 21.1 Å². The Morgan fingerprint density at radius 1 is 1.16 bits per heavy atom. The molecule has 0 amide bonds. The summed E-state index contributed by atoms with van der Waals surface area (Å²) in [5, 5.41) is 0.261.